The van der Waals surface area contributed by atoms with E-state index < -0.39 is 23.3 Å². The van der Waals surface area contributed by atoms with Crippen LogP contribution in [0, 0.1) is 5.92 Å². The lowest BCUT2D eigenvalue weighted by Gasteiger charge is -2.45. The molecule has 1 saturated carbocycles. The quantitative estimate of drug-likeness (QED) is 0.244. The summed E-state index contributed by atoms with van der Waals surface area (Å²) in [6, 6.07) is 14.3. The van der Waals surface area contributed by atoms with Crippen molar-refractivity contribution in [1.29, 1.82) is 0 Å². The molecule has 2 aromatic heterocycles. The van der Waals surface area contributed by atoms with E-state index in [1.165, 1.54) is 12.3 Å². The molecule has 7 rings (SSSR count). The number of aromatic carboxylic acids is 1. The van der Waals surface area contributed by atoms with E-state index in [1.807, 2.05) is 12.1 Å². The Hall–Kier alpha value is -4.63. The number of aromatic nitrogens is 2. The first kappa shape index (κ1) is 26.3. The van der Waals surface area contributed by atoms with E-state index in [4.69, 9.17) is 14.5 Å². The highest BCUT2D eigenvalue weighted by Gasteiger charge is 2.54. The molecule has 1 aliphatic carbocycles. The van der Waals surface area contributed by atoms with E-state index in [2.05, 4.69) is 16.4 Å². The van der Waals surface area contributed by atoms with Crippen LogP contribution in [0.15, 0.2) is 60.9 Å². The van der Waals surface area contributed by atoms with Gasteiger partial charge < -0.3 is 19.9 Å². The monoisotopic (exact) mass is 563 g/mol. The number of carboxylic acid groups (broad SMARTS) is 1. The van der Waals surface area contributed by atoms with Crippen LogP contribution in [0.4, 0.5) is 0 Å². The molecule has 1 saturated heterocycles. The van der Waals surface area contributed by atoms with Crippen molar-refractivity contribution in [2.45, 2.75) is 37.2 Å². The second kappa shape index (κ2) is 10.0. The van der Waals surface area contributed by atoms with Crippen LogP contribution >= 0.6 is 0 Å². The molecule has 0 amide bonds. The van der Waals surface area contributed by atoms with Crippen molar-refractivity contribution in [2.24, 2.45) is 5.92 Å². The number of hydrogen-bond acceptors (Lipinski definition) is 8. The van der Waals surface area contributed by atoms with Crippen LogP contribution in [-0.4, -0.2) is 58.4 Å². The number of hydrogen-bond donors (Lipinski definition) is 2. The van der Waals surface area contributed by atoms with E-state index >= 15 is 0 Å². The van der Waals surface area contributed by atoms with Gasteiger partial charge in [0.25, 0.3) is 0 Å². The summed E-state index contributed by atoms with van der Waals surface area (Å²) in [4.78, 5) is 49.3. The molecular formula is C33H29N3O6. The number of fused-ring (bicyclic) bond motifs is 2. The van der Waals surface area contributed by atoms with Crippen molar-refractivity contribution in [3.63, 3.8) is 0 Å². The summed E-state index contributed by atoms with van der Waals surface area (Å²) in [5.41, 5.74) is 2.47. The minimum absolute atomic E-state index is 0.0383. The molecule has 9 nitrogen and oxygen atoms in total. The SMILES string of the molecule is COc1cc(C(=O)[C@H]2C(=O)c3cc(-c4cncc(C(=O)O)c4)ccc3OC23CCNCC3)nc2c(C3CC3)cccc12. The zero-order valence-corrected chi connectivity index (χ0v) is 23.1. The van der Waals surface area contributed by atoms with Gasteiger partial charge in [0.15, 0.2) is 11.6 Å². The molecule has 1 atom stereocenters. The Morgan fingerprint density at radius 2 is 1.86 bits per heavy atom. The molecule has 0 unspecified atom stereocenters. The van der Waals surface area contributed by atoms with Gasteiger partial charge in [-0.3, -0.25) is 14.6 Å². The van der Waals surface area contributed by atoms with Gasteiger partial charge in [-0.05, 0) is 67.2 Å². The molecule has 2 N–H and O–H groups in total. The maximum Gasteiger partial charge on any atom is 0.337 e. The van der Waals surface area contributed by atoms with E-state index in [1.54, 1.807) is 37.6 Å². The second-order valence-corrected chi connectivity index (χ2v) is 11.3. The lowest BCUT2D eigenvalue weighted by Crippen LogP contribution is -2.58. The Bertz CT molecular complexity index is 1770. The minimum Gasteiger partial charge on any atom is -0.496 e. The van der Waals surface area contributed by atoms with Crippen LogP contribution < -0.4 is 14.8 Å². The van der Waals surface area contributed by atoms with Crippen molar-refractivity contribution in [3.05, 3.63) is 83.3 Å². The van der Waals surface area contributed by atoms with Crippen LogP contribution in [-0.2, 0) is 0 Å². The number of nitrogens with zero attached hydrogens (tertiary/aromatic N) is 2. The Morgan fingerprint density at radius 1 is 1.05 bits per heavy atom. The maximum atomic E-state index is 14.5. The molecule has 9 heteroatoms. The molecule has 3 aliphatic rings. The first-order chi connectivity index (χ1) is 20.4. The zero-order chi connectivity index (χ0) is 29.0. The molecule has 0 radical (unpaired) electrons. The third kappa shape index (κ3) is 4.32. The van der Waals surface area contributed by atoms with Gasteiger partial charge >= 0.3 is 5.97 Å². The van der Waals surface area contributed by atoms with Crippen LogP contribution in [0.3, 0.4) is 0 Å². The summed E-state index contributed by atoms with van der Waals surface area (Å²) in [7, 11) is 1.57. The summed E-state index contributed by atoms with van der Waals surface area (Å²) < 4.78 is 12.3. The Labute approximate surface area is 241 Å². The standard InChI is InChI=1S/C33H29N3O6/c1-41-27-15-25(36-29-22(18-5-6-18)3-2-4-23(27)29)31(38)28-30(37)24-14-19(20-13-21(32(39)40)17-35-16-20)7-8-26(24)42-33(28)9-11-34-12-10-33/h2-4,7-8,13-18,28,34H,5-6,9-12H2,1H3,(H,39,40)/t28-/m1/s1. The highest BCUT2D eigenvalue weighted by atomic mass is 16.5. The van der Waals surface area contributed by atoms with Crippen molar-refractivity contribution in [2.75, 3.05) is 20.2 Å². The molecule has 212 valence electrons. The third-order valence-electron chi connectivity index (χ3n) is 8.70. The summed E-state index contributed by atoms with van der Waals surface area (Å²) in [6.07, 6.45) is 5.94. The molecule has 4 aromatic rings. The minimum atomic E-state index is -1.10. The fraction of sp³-hybridized carbons (Fsp3) is 0.303. The molecule has 1 spiro atoms. The van der Waals surface area contributed by atoms with Gasteiger partial charge in [0.1, 0.15) is 28.7 Å². The number of ether oxygens (including phenoxy) is 2. The van der Waals surface area contributed by atoms with Crippen LogP contribution in [0.25, 0.3) is 22.0 Å². The second-order valence-electron chi connectivity index (χ2n) is 11.3. The molecule has 2 aromatic carbocycles. The Kier molecular flexibility index (Phi) is 6.27. The highest BCUT2D eigenvalue weighted by molar-refractivity contribution is 6.19. The van der Waals surface area contributed by atoms with Crippen molar-refractivity contribution in [3.8, 4) is 22.6 Å². The summed E-state index contributed by atoms with van der Waals surface area (Å²) >= 11 is 0. The number of carbonyl (C=O) groups excluding carboxylic acids is 2. The van der Waals surface area contributed by atoms with Gasteiger partial charge in [-0.25, -0.2) is 9.78 Å². The van der Waals surface area contributed by atoms with Gasteiger partial charge in [0, 0.05) is 42.3 Å². The molecular weight excluding hydrogens is 534 g/mol. The fourth-order valence-electron chi connectivity index (χ4n) is 6.38. The average molecular weight is 564 g/mol. The summed E-state index contributed by atoms with van der Waals surface area (Å²) in [6.45, 7) is 1.22. The average Bonchev–Trinajstić information content (AvgIpc) is 3.86. The molecule has 4 heterocycles. The predicted octanol–water partition coefficient (Wildman–Crippen LogP) is 5.08. The molecule has 0 bridgehead atoms. The van der Waals surface area contributed by atoms with E-state index in [0.29, 0.717) is 54.5 Å². The number of Topliss-reactive ketones (excluding diaryl/α,β-unsaturated/α-hetero) is 2. The smallest absolute Gasteiger partial charge is 0.337 e. The number of nitrogens with one attached hydrogen (secondary N) is 1. The van der Waals surface area contributed by atoms with Crippen LogP contribution in [0.2, 0.25) is 0 Å². The third-order valence-corrected chi connectivity index (χ3v) is 8.70. The van der Waals surface area contributed by atoms with Gasteiger partial charge in [0.05, 0.1) is 23.8 Å². The van der Waals surface area contributed by atoms with Crippen molar-refractivity contribution < 1.29 is 29.0 Å². The zero-order valence-electron chi connectivity index (χ0n) is 23.1. The predicted molar refractivity (Wildman–Crippen MR) is 155 cm³/mol. The van der Waals surface area contributed by atoms with Gasteiger partial charge in [-0.2, -0.15) is 0 Å². The van der Waals surface area contributed by atoms with E-state index in [-0.39, 0.29) is 22.6 Å². The lowest BCUT2D eigenvalue weighted by atomic mass is 9.71. The first-order valence-corrected chi connectivity index (χ1v) is 14.2. The normalized spacial score (nSPS) is 19.3. The Morgan fingerprint density at radius 3 is 2.60 bits per heavy atom. The lowest BCUT2D eigenvalue weighted by molar-refractivity contribution is -0.0139. The van der Waals surface area contributed by atoms with E-state index in [9.17, 15) is 19.5 Å². The number of pyridine rings is 2. The largest absolute Gasteiger partial charge is 0.496 e. The summed E-state index contributed by atoms with van der Waals surface area (Å²) in [5, 5.41) is 13.6. The topological polar surface area (TPSA) is 128 Å². The first-order valence-electron chi connectivity index (χ1n) is 14.2. The van der Waals surface area contributed by atoms with Gasteiger partial charge in [-0.1, -0.05) is 18.2 Å². The number of benzene rings is 2. The molecule has 2 fully saturated rings. The number of rotatable bonds is 6. The highest BCUT2D eigenvalue weighted by Crippen LogP contribution is 2.46. The fourth-order valence-corrected chi connectivity index (χ4v) is 6.38. The molecule has 42 heavy (non-hydrogen) atoms. The number of methoxy groups -OCH3 is 1. The van der Waals surface area contributed by atoms with Gasteiger partial charge in [0.2, 0.25) is 0 Å². The number of ketones is 2. The number of piperidine rings is 1. The Balaban J connectivity index is 1.34. The van der Waals surface area contributed by atoms with Crippen molar-refractivity contribution in [1.82, 2.24) is 15.3 Å². The van der Waals surface area contributed by atoms with Gasteiger partial charge in [-0.15, -0.1) is 0 Å². The molecule has 2 aliphatic heterocycles. The number of para-hydroxylation sites is 1. The van der Waals surface area contributed by atoms with Crippen molar-refractivity contribution >= 4 is 28.4 Å². The van der Waals surface area contributed by atoms with Crippen LogP contribution in [0.1, 0.15) is 68.4 Å². The summed E-state index contributed by atoms with van der Waals surface area (Å²) in [5.74, 6) is -1.55. The number of carbonyl (C=O) groups is 3. The van der Waals surface area contributed by atoms with Crippen LogP contribution in [0.5, 0.6) is 11.5 Å². The van der Waals surface area contributed by atoms with E-state index in [0.717, 1.165) is 29.3 Å². The number of carboxylic acids is 1. The maximum absolute atomic E-state index is 14.5.